The molecule has 0 heterocycles. The highest BCUT2D eigenvalue weighted by Gasteiger charge is 2.50. The van der Waals surface area contributed by atoms with E-state index in [1.54, 1.807) is 6.92 Å². The van der Waals surface area contributed by atoms with E-state index in [1.165, 1.54) is 0 Å². The van der Waals surface area contributed by atoms with E-state index in [1.807, 2.05) is 0 Å². The molecule has 0 radical (unpaired) electrons. The molecule has 0 saturated heterocycles. The van der Waals surface area contributed by atoms with Crippen LogP contribution >= 0.6 is 11.6 Å². The smallest absolute Gasteiger partial charge is 0.151 e. The van der Waals surface area contributed by atoms with E-state index in [-0.39, 0.29) is 5.78 Å². The van der Waals surface area contributed by atoms with Crippen molar-refractivity contribution in [2.45, 2.75) is 24.6 Å². The quantitative estimate of drug-likeness (QED) is 0.436. The van der Waals surface area contributed by atoms with Gasteiger partial charge >= 0.3 is 0 Å². The lowest BCUT2D eigenvalue weighted by molar-refractivity contribution is -0.120. The molecule has 0 aromatic heterocycles. The van der Waals surface area contributed by atoms with Crippen LogP contribution in [-0.2, 0) is 4.79 Å². The van der Waals surface area contributed by atoms with Gasteiger partial charge in [0.2, 0.25) is 0 Å². The Hall–Kier alpha value is -0.300. The monoisotopic (exact) mass is 170 g/mol. The van der Waals surface area contributed by atoms with Crippen molar-refractivity contribution in [2.24, 2.45) is 11.8 Å². The molecule has 1 nitrogen and oxygen atoms in total. The first-order valence-corrected chi connectivity index (χ1v) is 4.39. The maximum absolute atomic E-state index is 11.2. The first-order chi connectivity index (χ1) is 5.13. The second-order valence-corrected chi connectivity index (χ2v) is 4.28. The molecule has 3 atom stereocenters. The maximum atomic E-state index is 11.2. The van der Waals surface area contributed by atoms with Crippen LogP contribution < -0.4 is 0 Å². The zero-order valence-electron chi connectivity index (χ0n) is 6.51. The minimum atomic E-state index is -0.542. The van der Waals surface area contributed by atoms with Crippen LogP contribution in [0.4, 0.5) is 0 Å². The van der Waals surface area contributed by atoms with Gasteiger partial charge in [-0.25, -0.2) is 0 Å². The highest BCUT2D eigenvalue weighted by Crippen LogP contribution is 2.50. The van der Waals surface area contributed by atoms with E-state index in [4.69, 9.17) is 11.6 Å². The summed E-state index contributed by atoms with van der Waals surface area (Å²) in [5.74, 6) is 1.02. The Balaban J connectivity index is 2.30. The van der Waals surface area contributed by atoms with Gasteiger partial charge in [0.1, 0.15) is 4.87 Å². The number of ketones is 1. The van der Waals surface area contributed by atoms with Gasteiger partial charge in [-0.15, -0.1) is 11.6 Å². The standard InChI is InChI=1S/C9H11ClO/c1-6(11)9(10)5-7-2-3-8(9)4-7/h2-3,7-8H,4-5H2,1H3/t7-,8+,9+/m0/s1. The number of rotatable bonds is 1. The summed E-state index contributed by atoms with van der Waals surface area (Å²) in [6.07, 6.45) is 6.23. The van der Waals surface area contributed by atoms with Gasteiger partial charge in [0, 0.05) is 5.92 Å². The average Bonchev–Trinajstić information content (AvgIpc) is 2.45. The molecule has 1 fully saturated rings. The number of hydrogen-bond acceptors (Lipinski definition) is 1. The molecule has 2 rings (SSSR count). The maximum Gasteiger partial charge on any atom is 0.151 e. The number of Topliss-reactive ketones (excluding diaryl/α,β-unsaturated/α-hetero) is 1. The molecule has 0 unspecified atom stereocenters. The van der Waals surface area contributed by atoms with Gasteiger partial charge in [0.05, 0.1) is 0 Å². The molecular weight excluding hydrogens is 160 g/mol. The van der Waals surface area contributed by atoms with E-state index in [9.17, 15) is 4.79 Å². The van der Waals surface area contributed by atoms with Gasteiger partial charge in [-0.05, 0) is 25.7 Å². The number of allylic oxidation sites excluding steroid dienone is 2. The van der Waals surface area contributed by atoms with Crippen molar-refractivity contribution in [1.82, 2.24) is 0 Å². The van der Waals surface area contributed by atoms with Crippen molar-refractivity contribution in [1.29, 1.82) is 0 Å². The topological polar surface area (TPSA) is 17.1 Å². The summed E-state index contributed by atoms with van der Waals surface area (Å²) in [4.78, 5) is 10.6. The lowest BCUT2D eigenvalue weighted by Gasteiger charge is -2.25. The molecule has 0 aromatic rings. The molecule has 11 heavy (non-hydrogen) atoms. The van der Waals surface area contributed by atoms with Crippen molar-refractivity contribution in [3.05, 3.63) is 12.2 Å². The lowest BCUT2D eigenvalue weighted by atomic mass is 9.89. The van der Waals surface area contributed by atoms with Crippen molar-refractivity contribution >= 4 is 17.4 Å². The predicted octanol–water partition coefficient (Wildman–Crippen LogP) is 2.15. The highest BCUT2D eigenvalue weighted by molar-refractivity contribution is 6.35. The van der Waals surface area contributed by atoms with Gasteiger partial charge in [0.15, 0.2) is 5.78 Å². The third-order valence-electron chi connectivity index (χ3n) is 2.90. The Morgan fingerprint density at radius 2 is 2.36 bits per heavy atom. The van der Waals surface area contributed by atoms with Gasteiger partial charge in [-0.1, -0.05) is 12.2 Å². The van der Waals surface area contributed by atoms with Crippen LogP contribution in [0, 0.1) is 11.8 Å². The third-order valence-corrected chi connectivity index (χ3v) is 3.61. The molecule has 60 valence electrons. The van der Waals surface area contributed by atoms with Gasteiger partial charge in [-0.2, -0.15) is 0 Å². The van der Waals surface area contributed by atoms with Crippen LogP contribution in [0.5, 0.6) is 0 Å². The van der Waals surface area contributed by atoms with E-state index >= 15 is 0 Å². The van der Waals surface area contributed by atoms with E-state index in [2.05, 4.69) is 12.2 Å². The Bertz CT molecular complexity index is 234. The van der Waals surface area contributed by atoms with Crippen molar-refractivity contribution < 1.29 is 4.79 Å². The zero-order chi connectivity index (χ0) is 8.06. The van der Waals surface area contributed by atoms with Gasteiger partial charge < -0.3 is 0 Å². The van der Waals surface area contributed by atoms with Crippen LogP contribution in [0.1, 0.15) is 19.8 Å². The average molecular weight is 171 g/mol. The summed E-state index contributed by atoms with van der Waals surface area (Å²) < 4.78 is 0. The van der Waals surface area contributed by atoms with Crippen LogP contribution in [0.15, 0.2) is 12.2 Å². The third kappa shape index (κ3) is 0.871. The van der Waals surface area contributed by atoms with E-state index < -0.39 is 4.87 Å². The first kappa shape index (κ1) is 7.35. The summed E-state index contributed by atoms with van der Waals surface area (Å²) in [7, 11) is 0. The Labute approximate surface area is 71.4 Å². The number of carbonyl (C=O) groups excluding carboxylic acids is 1. The molecule has 0 N–H and O–H groups in total. The molecule has 0 amide bonds. The SMILES string of the molecule is CC(=O)[C@]1(Cl)C[C@H]2C=C[C@@H]1C2. The number of halogens is 1. The molecule has 2 aliphatic rings. The molecule has 2 aliphatic carbocycles. The number of alkyl halides is 1. The number of hydrogen-bond donors (Lipinski definition) is 0. The predicted molar refractivity (Wildman–Crippen MR) is 44.6 cm³/mol. The van der Waals surface area contributed by atoms with E-state index in [0.717, 1.165) is 12.8 Å². The molecule has 0 aromatic carbocycles. The molecule has 0 spiro atoms. The Morgan fingerprint density at radius 1 is 1.64 bits per heavy atom. The van der Waals surface area contributed by atoms with Crippen molar-refractivity contribution in [3.8, 4) is 0 Å². The Kier molecular flexibility index (Phi) is 1.40. The molecular formula is C9H11ClO. The second kappa shape index (κ2) is 2.10. The first-order valence-electron chi connectivity index (χ1n) is 4.01. The zero-order valence-corrected chi connectivity index (χ0v) is 7.27. The summed E-state index contributed by atoms with van der Waals surface area (Å²) in [5.41, 5.74) is 0. The van der Waals surface area contributed by atoms with Crippen molar-refractivity contribution in [3.63, 3.8) is 0 Å². The van der Waals surface area contributed by atoms with Gasteiger partial charge in [-0.3, -0.25) is 4.79 Å². The van der Waals surface area contributed by atoms with E-state index in [0.29, 0.717) is 11.8 Å². The van der Waals surface area contributed by atoms with Gasteiger partial charge in [0.25, 0.3) is 0 Å². The molecule has 0 aliphatic heterocycles. The fourth-order valence-corrected chi connectivity index (χ4v) is 2.56. The molecule has 2 bridgehead atoms. The molecule has 2 heteroatoms. The fourth-order valence-electron chi connectivity index (χ4n) is 2.20. The van der Waals surface area contributed by atoms with Crippen LogP contribution in [0.25, 0.3) is 0 Å². The van der Waals surface area contributed by atoms with Crippen LogP contribution in [0.3, 0.4) is 0 Å². The van der Waals surface area contributed by atoms with Crippen molar-refractivity contribution in [2.75, 3.05) is 0 Å². The summed E-state index contributed by atoms with van der Waals surface area (Å²) in [6, 6.07) is 0. The van der Waals surface area contributed by atoms with Crippen LogP contribution in [-0.4, -0.2) is 10.7 Å². The lowest BCUT2D eigenvalue weighted by Crippen LogP contribution is -2.34. The normalized spacial score (nSPS) is 46.7. The Morgan fingerprint density at radius 3 is 2.64 bits per heavy atom. The highest BCUT2D eigenvalue weighted by atomic mass is 35.5. The summed E-state index contributed by atoms with van der Waals surface area (Å²) >= 11 is 6.20. The summed E-state index contributed by atoms with van der Waals surface area (Å²) in [6.45, 7) is 1.60. The number of fused-ring (bicyclic) bond motifs is 2. The minimum Gasteiger partial charge on any atom is -0.298 e. The minimum absolute atomic E-state index is 0.135. The number of carbonyl (C=O) groups is 1. The molecule has 1 saturated carbocycles. The van der Waals surface area contributed by atoms with Crippen LogP contribution in [0.2, 0.25) is 0 Å². The fraction of sp³-hybridized carbons (Fsp3) is 0.667. The second-order valence-electron chi connectivity index (χ2n) is 3.61. The largest absolute Gasteiger partial charge is 0.298 e. The summed E-state index contributed by atoms with van der Waals surface area (Å²) in [5, 5.41) is 0.